The van der Waals surface area contributed by atoms with Crippen molar-refractivity contribution in [2.45, 2.75) is 38.9 Å². The molecule has 0 bridgehead atoms. The minimum Gasteiger partial charge on any atom is -0.398 e. The first-order valence-corrected chi connectivity index (χ1v) is 7.40. The fourth-order valence-corrected chi connectivity index (χ4v) is 3.16. The highest BCUT2D eigenvalue weighted by Gasteiger charge is 2.52. The van der Waals surface area contributed by atoms with Gasteiger partial charge in [-0.3, -0.25) is 0 Å². The van der Waals surface area contributed by atoms with Crippen LogP contribution in [0.3, 0.4) is 0 Å². The minimum atomic E-state index is -0.402. The molecule has 0 atom stereocenters. The zero-order valence-electron chi connectivity index (χ0n) is 11.4. The molecule has 1 aliphatic rings. The van der Waals surface area contributed by atoms with Crippen molar-refractivity contribution in [3.05, 3.63) is 23.2 Å². The predicted molar refractivity (Wildman–Crippen MR) is 80.3 cm³/mol. The van der Waals surface area contributed by atoms with Crippen molar-refractivity contribution < 1.29 is 9.31 Å². The van der Waals surface area contributed by atoms with Crippen LogP contribution < -0.4 is 4.91 Å². The van der Waals surface area contributed by atoms with Crippen molar-refractivity contribution in [1.82, 2.24) is 4.98 Å². The summed E-state index contributed by atoms with van der Waals surface area (Å²) in [6, 6.07) is 5.68. The van der Waals surface area contributed by atoms with Gasteiger partial charge in [0.1, 0.15) is 4.91 Å². The second kappa shape index (κ2) is 4.19. The molecule has 19 heavy (non-hydrogen) atoms. The van der Waals surface area contributed by atoms with E-state index in [-0.39, 0.29) is 11.2 Å². The second-order valence-corrected chi connectivity index (χ2v) is 7.25. The Balaban J connectivity index is 1.98. The quantitative estimate of drug-likeness (QED) is 0.757. The Morgan fingerprint density at radius 3 is 2.42 bits per heavy atom. The maximum Gasteiger partial charge on any atom is 0.525 e. The third kappa shape index (κ3) is 2.19. The van der Waals surface area contributed by atoms with Crippen LogP contribution in [-0.4, -0.2) is 23.3 Å². The Morgan fingerprint density at radius 1 is 1.16 bits per heavy atom. The van der Waals surface area contributed by atoms with Crippen LogP contribution in [0.2, 0.25) is 5.02 Å². The van der Waals surface area contributed by atoms with Gasteiger partial charge in [0.2, 0.25) is 0 Å². The molecule has 1 fully saturated rings. The molecule has 0 amide bonds. The van der Waals surface area contributed by atoms with E-state index in [4.69, 9.17) is 20.9 Å². The molecule has 100 valence electrons. The van der Waals surface area contributed by atoms with Crippen LogP contribution in [-0.2, 0) is 9.31 Å². The summed E-state index contributed by atoms with van der Waals surface area (Å²) in [5, 5.41) is 0.719. The molecule has 0 saturated carbocycles. The van der Waals surface area contributed by atoms with E-state index in [0.29, 0.717) is 0 Å². The largest absolute Gasteiger partial charge is 0.525 e. The second-order valence-electron chi connectivity index (χ2n) is 5.75. The van der Waals surface area contributed by atoms with Gasteiger partial charge in [0.25, 0.3) is 0 Å². The van der Waals surface area contributed by atoms with E-state index in [1.807, 2.05) is 45.9 Å². The van der Waals surface area contributed by atoms with Gasteiger partial charge in [0.05, 0.1) is 21.4 Å². The summed E-state index contributed by atoms with van der Waals surface area (Å²) in [4.78, 5) is 5.42. The number of hydrogen-bond acceptors (Lipinski definition) is 4. The average molecular weight is 296 g/mol. The van der Waals surface area contributed by atoms with Crippen molar-refractivity contribution in [1.29, 1.82) is 0 Å². The Labute approximate surface area is 122 Å². The molecule has 6 heteroatoms. The molecule has 0 aliphatic carbocycles. The molecule has 0 unspecified atom stereocenters. The number of fused-ring (bicyclic) bond motifs is 1. The Morgan fingerprint density at radius 2 is 1.79 bits per heavy atom. The molecule has 1 aromatic carbocycles. The van der Waals surface area contributed by atoms with Gasteiger partial charge < -0.3 is 9.31 Å². The summed E-state index contributed by atoms with van der Waals surface area (Å²) in [5.74, 6) is 0. The van der Waals surface area contributed by atoms with Crippen molar-refractivity contribution in [3.63, 3.8) is 0 Å². The molecule has 2 aromatic rings. The molecular formula is C13H15BClNO2S. The first-order valence-electron chi connectivity index (χ1n) is 6.20. The first-order chi connectivity index (χ1) is 8.78. The van der Waals surface area contributed by atoms with E-state index in [1.54, 1.807) is 11.3 Å². The summed E-state index contributed by atoms with van der Waals surface area (Å²) < 4.78 is 13.1. The van der Waals surface area contributed by atoms with E-state index in [9.17, 15) is 0 Å². The van der Waals surface area contributed by atoms with Gasteiger partial charge in [-0.1, -0.05) is 11.6 Å². The Kier molecular flexibility index (Phi) is 2.95. The van der Waals surface area contributed by atoms with Crippen LogP contribution in [0, 0.1) is 0 Å². The Hall–Kier alpha value is -0.615. The van der Waals surface area contributed by atoms with E-state index in [1.165, 1.54) is 0 Å². The Bertz CT molecular complexity index is 625. The number of thiazole rings is 1. The summed E-state index contributed by atoms with van der Waals surface area (Å²) >= 11 is 7.56. The summed E-state index contributed by atoms with van der Waals surface area (Å²) in [7, 11) is -0.402. The van der Waals surface area contributed by atoms with E-state index >= 15 is 0 Å². The van der Waals surface area contributed by atoms with Gasteiger partial charge in [-0.15, -0.1) is 11.3 Å². The fraction of sp³-hybridized carbons (Fsp3) is 0.462. The molecule has 2 heterocycles. The SMILES string of the molecule is CC1(C)OB(c2nc3ccc(Cl)cc3s2)OC1(C)C. The molecule has 1 aromatic heterocycles. The number of benzene rings is 1. The highest BCUT2D eigenvalue weighted by Crippen LogP contribution is 2.37. The summed E-state index contributed by atoms with van der Waals surface area (Å²) in [6.45, 7) is 8.16. The highest BCUT2D eigenvalue weighted by atomic mass is 35.5. The van der Waals surface area contributed by atoms with Crippen LogP contribution in [0.25, 0.3) is 10.2 Å². The van der Waals surface area contributed by atoms with Gasteiger partial charge in [-0.25, -0.2) is 4.98 Å². The maximum absolute atomic E-state index is 6.00. The molecular weight excluding hydrogens is 280 g/mol. The van der Waals surface area contributed by atoms with E-state index < -0.39 is 7.12 Å². The number of rotatable bonds is 1. The normalized spacial score (nSPS) is 21.2. The van der Waals surface area contributed by atoms with Crippen LogP contribution in [0.5, 0.6) is 0 Å². The number of aromatic nitrogens is 1. The zero-order valence-corrected chi connectivity index (χ0v) is 12.9. The van der Waals surface area contributed by atoms with Gasteiger partial charge in [0, 0.05) is 5.02 Å². The van der Waals surface area contributed by atoms with Gasteiger partial charge in [-0.05, 0) is 45.9 Å². The monoisotopic (exact) mass is 295 g/mol. The third-order valence-corrected chi connectivity index (χ3v) is 5.10. The van der Waals surface area contributed by atoms with Gasteiger partial charge in [0.15, 0.2) is 0 Å². The zero-order chi connectivity index (χ0) is 13.8. The van der Waals surface area contributed by atoms with Crippen molar-refractivity contribution in [3.8, 4) is 0 Å². The number of nitrogens with zero attached hydrogens (tertiary/aromatic N) is 1. The van der Waals surface area contributed by atoms with Crippen LogP contribution >= 0.6 is 22.9 Å². The lowest BCUT2D eigenvalue weighted by atomic mass is 9.90. The summed E-state index contributed by atoms with van der Waals surface area (Å²) in [5.41, 5.74) is 0.250. The topological polar surface area (TPSA) is 31.4 Å². The van der Waals surface area contributed by atoms with Crippen molar-refractivity contribution in [2.24, 2.45) is 0 Å². The third-order valence-electron chi connectivity index (χ3n) is 3.82. The van der Waals surface area contributed by atoms with Crippen LogP contribution in [0.4, 0.5) is 0 Å². The number of halogens is 1. The number of hydrogen-bond donors (Lipinski definition) is 0. The smallest absolute Gasteiger partial charge is 0.398 e. The average Bonchev–Trinajstić information content (AvgIpc) is 2.78. The molecule has 1 aliphatic heterocycles. The lowest BCUT2D eigenvalue weighted by Gasteiger charge is -2.32. The van der Waals surface area contributed by atoms with Crippen molar-refractivity contribution in [2.75, 3.05) is 0 Å². The molecule has 3 rings (SSSR count). The molecule has 0 N–H and O–H groups in total. The minimum absolute atomic E-state index is 0.340. The van der Waals surface area contributed by atoms with Crippen LogP contribution in [0.1, 0.15) is 27.7 Å². The first kappa shape index (κ1) is 13.4. The maximum atomic E-state index is 6.00. The standard InChI is InChI=1S/C13H15BClNO2S/c1-12(2)13(3,4)18-14(17-12)11-16-9-6-5-8(15)7-10(9)19-11/h5-7H,1-4H3. The predicted octanol–water partition coefficient (Wildman–Crippen LogP) is 3.25. The molecule has 3 nitrogen and oxygen atoms in total. The van der Waals surface area contributed by atoms with Crippen molar-refractivity contribution >= 4 is 45.2 Å². The molecule has 0 spiro atoms. The van der Waals surface area contributed by atoms with Gasteiger partial charge >= 0.3 is 7.12 Å². The molecule has 0 radical (unpaired) electrons. The van der Waals surface area contributed by atoms with Gasteiger partial charge in [-0.2, -0.15) is 0 Å². The lowest BCUT2D eigenvalue weighted by Crippen LogP contribution is -2.41. The summed E-state index contributed by atoms with van der Waals surface area (Å²) in [6.07, 6.45) is 0. The van der Waals surface area contributed by atoms with Crippen LogP contribution in [0.15, 0.2) is 18.2 Å². The molecule has 1 saturated heterocycles. The van der Waals surface area contributed by atoms with E-state index in [0.717, 1.165) is 20.1 Å². The fourth-order valence-electron chi connectivity index (χ4n) is 1.96. The van der Waals surface area contributed by atoms with E-state index in [2.05, 4.69) is 4.98 Å². The highest BCUT2D eigenvalue weighted by molar-refractivity contribution is 7.27. The lowest BCUT2D eigenvalue weighted by molar-refractivity contribution is 0.00578.